The normalized spacial score (nSPS) is 10.8. The van der Waals surface area contributed by atoms with Gasteiger partial charge < -0.3 is 4.81 Å². The third-order valence-electron chi connectivity index (χ3n) is 1.96. The molecule has 0 N–H and O–H groups in total. The third kappa shape index (κ3) is 7.93. The van der Waals surface area contributed by atoms with Crippen molar-refractivity contribution in [3.05, 3.63) is 0 Å². The average molecular weight is 153 g/mol. The van der Waals surface area contributed by atoms with Crippen LogP contribution in [0.2, 0.25) is 0 Å². The van der Waals surface area contributed by atoms with Gasteiger partial charge in [0.1, 0.15) is 0 Å². The van der Waals surface area contributed by atoms with Crippen LogP contribution in [-0.4, -0.2) is 25.9 Å². The van der Waals surface area contributed by atoms with Crippen molar-refractivity contribution in [3.8, 4) is 0 Å². The predicted octanol–water partition coefficient (Wildman–Crippen LogP) is 2.36. The Labute approximate surface area is 72.6 Å². The van der Waals surface area contributed by atoms with E-state index in [0.29, 0.717) is 0 Å². The molecule has 0 aromatic heterocycles. The number of rotatable bonds is 7. The van der Waals surface area contributed by atoms with Crippen LogP contribution in [-0.2, 0) is 0 Å². The zero-order valence-electron chi connectivity index (χ0n) is 7.97. The molecule has 0 amide bonds. The van der Waals surface area contributed by atoms with Gasteiger partial charge in [0, 0.05) is 0 Å². The minimum absolute atomic E-state index is 0.966. The van der Waals surface area contributed by atoms with Gasteiger partial charge in [0.05, 0.1) is 0 Å². The molecule has 2 heteroatoms. The molecule has 0 aromatic rings. The second-order valence-corrected chi connectivity index (χ2v) is 3.04. The van der Waals surface area contributed by atoms with E-state index in [4.69, 9.17) is 7.98 Å². The average Bonchev–Trinajstić information content (AvgIpc) is 2.04. The van der Waals surface area contributed by atoms with E-state index in [1.165, 1.54) is 32.1 Å². The highest BCUT2D eigenvalue weighted by molar-refractivity contribution is 6.04. The Morgan fingerprint density at radius 2 is 1.64 bits per heavy atom. The highest BCUT2D eigenvalue weighted by Gasteiger charge is 1.92. The first kappa shape index (κ1) is 11.0. The van der Waals surface area contributed by atoms with E-state index >= 15 is 0 Å². The lowest BCUT2D eigenvalue weighted by Crippen LogP contribution is -2.20. The van der Waals surface area contributed by atoms with Crippen LogP contribution in [0.25, 0.3) is 0 Å². The molecule has 0 saturated carbocycles. The lowest BCUT2D eigenvalue weighted by Gasteiger charge is -2.13. The summed E-state index contributed by atoms with van der Waals surface area (Å²) < 4.78 is 0. The molecule has 0 aliphatic rings. The first-order valence-corrected chi connectivity index (χ1v) is 4.80. The van der Waals surface area contributed by atoms with Gasteiger partial charge in [-0.05, 0) is 19.5 Å². The van der Waals surface area contributed by atoms with Gasteiger partial charge in [-0.1, -0.05) is 39.5 Å². The fourth-order valence-electron chi connectivity index (χ4n) is 1.08. The van der Waals surface area contributed by atoms with E-state index in [1.54, 1.807) is 0 Å². The van der Waals surface area contributed by atoms with Crippen LogP contribution < -0.4 is 0 Å². The fourth-order valence-corrected chi connectivity index (χ4v) is 1.08. The van der Waals surface area contributed by atoms with Crippen molar-refractivity contribution >= 4 is 7.98 Å². The molecule has 64 valence electrons. The van der Waals surface area contributed by atoms with Crippen molar-refractivity contribution in [3.63, 3.8) is 0 Å². The molecule has 2 radical (unpaired) electrons. The van der Waals surface area contributed by atoms with Crippen molar-refractivity contribution in [2.24, 2.45) is 0 Å². The topological polar surface area (TPSA) is 3.24 Å². The SMILES string of the molecule is [B]N(CC)CCCCCCC. The van der Waals surface area contributed by atoms with Crippen LogP contribution in [0.3, 0.4) is 0 Å². The van der Waals surface area contributed by atoms with E-state index in [0.717, 1.165) is 13.1 Å². The van der Waals surface area contributed by atoms with Gasteiger partial charge in [0.2, 0.25) is 0 Å². The van der Waals surface area contributed by atoms with Crippen molar-refractivity contribution in [2.75, 3.05) is 13.1 Å². The number of unbranched alkanes of at least 4 members (excludes halogenated alkanes) is 4. The summed E-state index contributed by atoms with van der Waals surface area (Å²) >= 11 is 0. The van der Waals surface area contributed by atoms with Crippen LogP contribution in [0.5, 0.6) is 0 Å². The molecular formula is C9H20BN. The number of hydrogen-bond donors (Lipinski definition) is 0. The van der Waals surface area contributed by atoms with E-state index in [2.05, 4.69) is 13.8 Å². The number of hydrogen-bond acceptors (Lipinski definition) is 1. The lowest BCUT2D eigenvalue weighted by atomic mass is 10.1. The van der Waals surface area contributed by atoms with E-state index < -0.39 is 0 Å². The highest BCUT2D eigenvalue weighted by atomic mass is 15.0. The summed E-state index contributed by atoms with van der Waals surface area (Å²) in [7, 11) is 5.62. The molecule has 11 heavy (non-hydrogen) atoms. The second-order valence-electron chi connectivity index (χ2n) is 3.04. The van der Waals surface area contributed by atoms with Crippen molar-refractivity contribution in [1.29, 1.82) is 0 Å². The molecule has 0 bridgehead atoms. The molecular weight excluding hydrogens is 133 g/mol. The summed E-state index contributed by atoms with van der Waals surface area (Å²) in [6.45, 7) is 6.35. The van der Waals surface area contributed by atoms with Gasteiger partial charge in [-0.3, -0.25) is 0 Å². The van der Waals surface area contributed by atoms with Crippen LogP contribution in [0.1, 0.15) is 46.0 Å². The molecule has 0 rings (SSSR count). The Balaban J connectivity index is 2.89. The van der Waals surface area contributed by atoms with Crippen LogP contribution >= 0.6 is 0 Å². The quantitative estimate of drug-likeness (QED) is 0.401. The van der Waals surface area contributed by atoms with Crippen molar-refractivity contribution < 1.29 is 0 Å². The van der Waals surface area contributed by atoms with Crippen LogP contribution in [0, 0.1) is 0 Å². The van der Waals surface area contributed by atoms with Crippen LogP contribution in [0.15, 0.2) is 0 Å². The molecule has 0 aromatic carbocycles. The molecule has 0 saturated heterocycles. The van der Waals surface area contributed by atoms with Gasteiger partial charge in [-0.15, -0.1) is 0 Å². The summed E-state index contributed by atoms with van der Waals surface area (Å²) in [6, 6.07) is 0. The highest BCUT2D eigenvalue weighted by Crippen LogP contribution is 2.02. The Morgan fingerprint density at radius 1 is 1.00 bits per heavy atom. The molecule has 1 nitrogen and oxygen atoms in total. The second kappa shape index (κ2) is 8.12. The minimum atomic E-state index is 0.966. The van der Waals surface area contributed by atoms with Gasteiger partial charge in [-0.2, -0.15) is 0 Å². The summed E-state index contributed by atoms with van der Waals surface area (Å²) in [5.41, 5.74) is 0. The van der Waals surface area contributed by atoms with Gasteiger partial charge in [0.15, 0.2) is 7.98 Å². The third-order valence-corrected chi connectivity index (χ3v) is 1.96. The Bertz CT molecular complexity index is 76.0. The smallest absolute Gasteiger partial charge is 0.182 e. The molecule has 0 spiro atoms. The molecule has 0 atom stereocenters. The first-order chi connectivity index (χ1) is 5.31. The Kier molecular flexibility index (Phi) is 8.14. The zero-order valence-corrected chi connectivity index (χ0v) is 7.97. The lowest BCUT2D eigenvalue weighted by molar-refractivity contribution is 0.449. The summed E-state index contributed by atoms with van der Waals surface area (Å²) in [4.78, 5) is 1.88. The van der Waals surface area contributed by atoms with E-state index in [9.17, 15) is 0 Å². The maximum absolute atomic E-state index is 5.62. The predicted molar refractivity (Wildman–Crippen MR) is 51.8 cm³/mol. The zero-order chi connectivity index (χ0) is 8.53. The molecule has 0 aliphatic carbocycles. The summed E-state index contributed by atoms with van der Waals surface area (Å²) in [5.74, 6) is 0. The largest absolute Gasteiger partial charge is 0.354 e. The van der Waals surface area contributed by atoms with Gasteiger partial charge >= 0.3 is 0 Å². The van der Waals surface area contributed by atoms with Crippen molar-refractivity contribution in [2.45, 2.75) is 46.0 Å². The monoisotopic (exact) mass is 153 g/mol. The van der Waals surface area contributed by atoms with Crippen LogP contribution in [0.4, 0.5) is 0 Å². The summed E-state index contributed by atoms with van der Waals surface area (Å²) in [5, 5.41) is 0. The van der Waals surface area contributed by atoms with E-state index in [-0.39, 0.29) is 0 Å². The first-order valence-electron chi connectivity index (χ1n) is 4.80. The summed E-state index contributed by atoms with van der Waals surface area (Å²) in [6.07, 6.45) is 6.65. The fraction of sp³-hybridized carbons (Fsp3) is 1.00. The van der Waals surface area contributed by atoms with Gasteiger partial charge in [0.25, 0.3) is 0 Å². The molecule has 0 aliphatic heterocycles. The molecule has 0 heterocycles. The molecule has 0 unspecified atom stereocenters. The van der Waals surface area contributed by atoms with Gasteiger partial charge in [-0.25, -0.2) is 0 Å². The minimum Gasteiger partial charge on any atom is -0.354 e. The Hall–Kier alpha value is 0.0249. The number of nitrogens with zero attached hydrogens (tertiary/aromatic N) is 1. The maximum Gasteiger partial charge on any atom is 0.182 e. The van der Waals surface area contributed by atoms with Crippen molar-refractivity contribution in [1.82, 2.24) is 4.81 Å². The standard InChI is InChI=1S/C9H20BN/c1-3-5-6-7-8-9-11(10)4-2/h3-9H2,1-2H3. The molecule has 0 fully saturated rings. The Morgan fingerprint density at radius 3 is 2.18 bits per heavy atom. The van der Waals surface area contributed by atoms with E-state index in [1.807, 2.05) is 4.81 Å². The maximum atomic E-state index is 5.62.